The summed E-state index contributed by atoms with van der Waals surface area (Å²) in [7, 11) is 7.90. The van der Waals surface area contributed by atoms with E-state index < -0.39 is 6.10 Å². The maximum Gasteiger partial charge on any atom is 0.191 e. The third kappa shape index (κ3) is 3.57. The Morgan fingerprint density at radius 1 is 1.00 bits per heavy atom. The fourth-order valence-corrected chi connectivity index (χ4v) is 2.49. The minimum absolute atomic E-state index is 0.202. The lowest BCUT2D eigenvalue weighted by molar-refractivity contribution is -0.123. The van der Waals surface area contributed by atoms with Gasteiger partial charge in [-0.2, -0.15) is 0 Å². The molecule has 1 unspecified atom stereocenters. The minimum Gasteiger partial charge on any atom is -0.381 e. The number of ketones is 1. The smallest absolute Gasteiger partial charge is 0.191 e. The Kier molecular flexibility index (Phi) is 5.03. The molecule has 4 nitrogen and oxygen atoms in total. The Balaban J connectivity index is 2.12. The number of Topliss-reactive ketones (excluding diaryl/α,β-unsaturated/α-hetero) is 1. The van der Waals surface area contributed by atoms with Crippen molar-refractivity contribution in [3.63, 3.8) is 0 Å². The molecule has 0 aliphatic heterocycles. The van der Waals surface area contributed by atoms with Gasteiger partial charge >= 0.3 is 0 Å². The van der Waals surface area contributed by atoms with Crippen LogP contribution in [0.5, 0.6) is 0 Å². The van der Waals surface area contributed by atoms with E-state index in [9.17, 15) is 9.90 Å². The molecule has 0 saturated heterocycles. The summed E-state index contributed by atoms with van der Waals surface area (Å²) in [5.74, 6) is -0.202. The van der Waals surface area contributed by atoms with Crippen molar-refractivity contribution in [3.05, 3.63) is 53.3 Å². The first-order valence-electron chi connectivity index (χ1n) is 7.46. The number of hydrogen-bond acceptors (Lipinski definition) is 4. The molecular weight excluding hydrogens is 276 g/mol. The van der Waals surface area contributed by atoms with E-state index in [-0.39, 0.29) is 5.78 Å². The Labute approximate surface area is 132 Å². The zero-order valence-electron chi connectivity index (χ0n) is 13.7. The first-order valence-corrected chi connectivity index (χ1v) is 7.46. The van der Waals surface area contributed by atoms with Crippen LogP contribution in [-0.4, -0.2) is 44.0 Å². The van der Waals surface area contributed by atoms with E-state index in [1.54, 1.807) is 0 Å². The molecule has 0 saturated carbocycles. The van der Waals surface area contributed by atoms with E-state index in [4.69, 9.17) is 0 Å². The fraction of sp³-hybridized carbons (Fsp3) is 0.389. The van der Waals surface area contributed by atoms with Gasteiger partial charge in [0.05, 0.1) is 0 Å². The van der Waals surface area contributed by atoms with Gasteiger partial charge in [-0.1, -0.05) is 18.2 Å². The van der Waals surface area contributed by atoms with E-state index >= 15 is 0 Å². The lowest BCUT2D eigenvalue weighted by Gasteiger charge is -2.22. The molecular formula is C18H24N2O2. The molecule has 1 aromatic rings. The predicted molar refractivity (Wildman–Crippen MR) is 89.8 cm³/mol. The summed E-state index contributed by atoms with van der Waals surface area (Å²) in [5, 5.41) is 10.3. The summed E-state index contributed by atoms with van der Waals surface area (Å²) in [5.41, 5.74) is 3.56. The van der Waals surface area contributed by atoms with Gasteiger partial charge in [-0.15, -0.1) is 0 Å². The monoisotopic (exact) mass is 300 g/mol. The molecule has 1 aliphatic rings. The zero-order valence-corrected chi connectivity index (χ0v) is 13.7. The molecule has 2 rings (SSSR count). The number of rotatable bonds is 5. The molecule has 0 fully saturated rings. The van der Waals surface area contributed by atoms with Gasteiger partial charge in [0.1, 0.15) is 6.10 Å². The van der Waals surface area contributed by atoms with Crippen molar-refractivity contribution in [2.45, 2.75) is 18.9 Å². The van der Waals surface area contributed by atoms with Crippen LogP contribution in [0, 0.1) is 0 Å². The van der Waals surface area contributed by atoms with Crippen molar-refractivity contribution in [2.24, 2.45) is 0 Å². The van der Waals surface area contributed by atoms with Crippen LogP contribution >= 0.6 is 0 Å². The molecule has 0 heterocycles. The van der Waals surface area contributed by atoms with Crippen LogP contribution in [0.2, 0.25) is 0 Å². The van der Waals surface area contributed by atoms with E-state index in [0.29, 0.717) is 17.6 Å². The van der Waals surface area contributed by atoms with E-state index in [1.807, 2.05) is 74.4 Å². The quantitative estimate of drug-likeness (QED) is 0.907. The van der Waals surface area contributed by atoms with Gasteiger partial charge in [0, 0.05) is 39.6 Å². The van der Waals surface area contributed by atoms with Crippen LogP contribution in [-0.2, 0) is 4.79 Å². The van der Waals surface area contributed by atoms with Gasteiger partial charge in [0.2, 0.25) is 0 Å². The highest BCUT2D eigenvalue weighted by molar-refractivity contribution is 5.99. The van der Waals surface area contributed by atoms with Crippen molar-refractivity contribution < 1.29 is 9.90 Å². The molecule has 118 valence electrons. The summed E-state index contributed by atoms with van der Waals surface area (Å²) in [6.07, 6.45) is 4.21. The summed E-state index contributed by atoms with van der Waals surface area (Å²) < 4.78 is 0. The number of benzene rings is 1. The number of carbonyl (C=O) groups excluding carboxylic acids is 1. The topological polar surface area (TPSA) is 43.8 Å². The number of nitrogens with zero attached hydrogens (tertiary/aromatic N) is 2. The average Bonchev–Trinajstić information content (AvgIpc) is 2.53. The Hall–Kier alpha value is -2.07. The third-order valence-corrected chi connectivity index (χ3v) is 3.99. The van der Waals surface area contributed by atoms with E-state index in [1.165, 1.54) is 5.70 Å². The van der Waals surface area contributed by atoms with Crippen LogP contribution in [0.15, 0.2) is 47.7 Å². The predicted octanol–water partition coefficient (Wildman–Crippen LogP) is 2.52. The number of aliphatic hydroxyl groups is 1. The molecule has 4 heteroatoms. The lowest BCUT2D eigenvalue weighted by Crippen LogP contribution is -2.18. The highest BCUT2D eigenvalue weighted by Crippen LogP contribution is 2.26. The highest BCUT2D eigenvalue weighted by Gasteiger charge is 2.22. The van der Waals surface area contributed by atoms with Gasteiger partial charge in [-0.05, 0) is 42.2 Å². The molecule has 1 aromatic carbocycles. The number of carbonyl (C=O) groups is 1. The van der Waals surface area contributed by atoms with Crippen molar-refractivity contribution >= 4 is 11.5 Å². The second kappa shape index (κ2) is 6.79. The molecule has 1 N–H and O–H groups in total. The average molecular weight is 300 g/mol. The third-order valence-electron chi connectivity index (χ3n) is 3.99. The second-order valence-corrected chi connectivity index (χ2v) is 6.00. The van der Waals surface area contributed by atoms with Crippen LogP contribution in [0.3, 0.4) is 0 Å². The van der Waals surface area contributed by atoms with Crippen LogP contribution in [0.1, 0.15) is 24.5 Å². The number of aliphatic hydroxyl groups excluding tert-OH is 1. The molecule has 22 heavy (non-hydrogen) atoms. The zero-order chi connectivity index (χ0) is 16.3. The summed E-state index contributed by atoms with van der Waals surface area (Å²) in [6, 6.07) is 7.43. The number of anilines is 1. The minimum atomic E-state index is -1.09. The molecule has 0 bridgehead atoms. The summed E-state index contributed by atoms with van der Waals surface area (Å²) in [6.45, 7) is 0. The lowest BCUT2D eigenvalue weighted by atomic mass is 9.93. The van der Waals surface area contributed by atoms with Gasteiger partial charge in [-0.25, -0.2) is 0 Å². The molecule has 1 atom stereocenters. The van der Waals surface area contributed by atoms with Gasteiger partial charge < -0.3 is 14.9 Å². The molecule has 0 aromatic heterocycles. The van der Waals surface area contributed by atoms with E-state index in [0.717, 1.165) is 12.1 Å². The largest absolute Gasteiger partial charge is 0.381 e. The summed E-state index contributed by atoms with van der Waals surface area (Å²) >= 11 is 0. The maximum atomic E-state index is 12.4. The van der Waals surface area contributed by atoms with Gasteiger partial charge in [0.15, 0.2) is 5.78 Å². The van der Waals surface area contributed by atoms with Crippen LogP contribution < -0.4 is 4.90 Å². The molecule has 0 amide bonds. The van der Waals surface area contributed by atoms with E-state index in [2.05, 4.69) is 0 Å². The van der Waals surface area contributed by atoms with Crippen molar-refractivity contribution in [2.75, 3.05) is 33.1 Å². The van der Waals surface area contributed by atoms with Gasteiger partial charge in [0.25, 0.3) is 0 Å². The maximum absolute atomic E-state index is 12.4. The second-order valence-electron chi connectivity index (χ2n) is 6.00. The standard InChI is InChI=1S/C18H24N2O2/c1-19(2)15-9-5-13(6-10-15)17(21)18(22)14-7-11-16(12-8-14)20(3)4/h5-7,9-11,17,21H,8,12H2,1-4H3. The normalized spacial score (nSPS) is 15.7. The van der Waals surface area contributed by atoms with Crippen LogP contribution in [0.25, 0.3) is 0 Å². The first-order chi connectivity index (χ1) is 10.4. The fourth-order valence-electron chi connectivity index (χ4n) is 2.49. The first kappa shape index (κ1) is 16.3. The Morgan fingerprint density at radius 2 is 1.64 bits per heavy atom. The Morgan fingerprint density at radius 3 is 2.09 bits per heavy atom. The molecule has 0 spiro atoms. The molecule has 1 aliphatic carbocycles. The number of allylic oxidation sites excluding steroid dienone is 3. The number of hydrogen-bond donors (Lipinski definition) is 1. The highest BCUT2D eigenvalue weighted by atomic mass is 16.3. The summed E-state index contributed by atoms with van der Waals surface area (Å²) in [4.78, 5) is 16.5. The van der Waals surface area contributed by atoms with Gasteiger partial charge in [-0.3, -0.25) is 4.79 Å². The van der Waals surface area contributed by atoms with Crippen molar-refractivity contribution in [1.82, 2.24) is 4.90 Å². The molecule has 0 radical (unpaired) electrons. The SMILES string of the molecule is CN(C)C1=CC=C(C(=O)C(O)c2ccc(N(C)C)cc2)CC1. The van der Waals surface area contributed by atoms with Crippen molar-refractivity contribution in [3.8, 4) is 0 Å². The van der Waals surface area contributed by atoms with Crippen molar-refractivity contribution in [1.29, 1.82) is 0 Å². The van der Waals surface area contributed by atoms with Crippen LogP contribution in [0.4, 0.5) is 5.69 Å². The Bertz CT molecular complexity index is 598.